The van der Waals surface area contributed by atoms with Gasteiger partial charge in [0.05, 0.1) is 0 Å². The molecule has 0 heterocycles. The Bertz CT molecular complexity index is 143. The van der Waals surface area contributed by atoms with Gasteiger partial charge in [0.2, 0.25) is 0 Å². The van der Waals surface area contributed by atoms with Crippen molar-refractivity contribution in [2.75, 3.05) is 0 Å². The van der Waals surface area contributed by atoms with Crippen LogP contribution in [0, 0.1) is 0 Å². The summed E-state index contributed by atoms with van der Waals surface area (Å²) in [5, 5.41) is 0. The number of Topliss-reactive ketones (excluding diaryl/α,β-unsaturated/α-hetero) is 1. The van der Waals surface area contributed by atoms with Crippen molar-refractivity contribution in [3.63, 3.8) is 0 Å². The van der Waals surface area contributed by atoms with E-state index in [1.807, 2.05) is 13.0 Å². The molecule has 0 unspecified atom stereocenters. The third-order valence-corrected chi connectivity index (χ3v) is 1.09. The Morgan fingerprint density at radius 1 is 1.67 bits per heavy atom. The Hall–Kier alpha value is -0.850. The summed E-state index contributed by atoms with van der Waals surface area (Å²) in [6, 6.07) is 0. The Kier molecular flexibility index (Phi) is 3.69. The van der Waals surface area contributed by atoms with Crippen molar-refractivity contribution in [2.24, 2.45) is 0 Å². The minimum absolute atomic E-state index is 0.183. The number of rotatable bonds is 3. The van der Waals surface area contributed by atoms with E-state index in [9.17, 15) is 4.79 Å². The molecule has 0 saturated heterocycles. The zero-order valence-electron chi connectivity index (χ0n) is 5.98. The zero-order chi connectivity index (χ0) is 7.28. The minimum atomic E-state index is 0.183. The van der Waals surface area contributed by atoms with E-state index in [4.69, 9.17) is 0 Å². The third kappa shape index (κ3) is 3.71. The summed E-state index contributed by atoms with van der Waals surface area (Å²) in [5.74, 6) is 0.183. The number of hydrogen-bond acceptors (Lipinski definition) is 1. The maximum absolute atomic E-state index is 10.5. The van der Waals surface area contributed by atoms with E-state index in [-0.39, 0.29) is 5.78 Å². The first-order valence-electron chi connectivity index (χ1n) is 2.97. The van der Waals surface area contributed by atoms with Crippen molar-refractivity contribution >= 4 is 5.78 Å². The molecule has 0 aliphatic heterocycles. The molecule has 0 rings (SSSR count). The summed E-state index contributed by atoms with van der Waals surface area (Å²) in [7, 11) is 0. The lowest BCUT2D eigenvalue weighted by atomic mass is 10.1. The average Bonchev–Trinajstić information content (AvgIpc) is 1.82. The number of carbonyl (C=O) groups excluding carboxylic acids is 1. The molecule has 0 N–H and O–H groups in total. The van der Waals surface area contributed by atoms with E-state index >= 15 is 0 Å². The van der Waals surface area contributed by atoms with E-state index < -0.39 is 0 Å². The maximum Gasteiger partial charge on any atom is 0.134 e. The summed E-state index contributed by atoms with van der Waals surface area (Å²) < 4.78 is 0. The summed E-state index contributed by atoms with van der Waals surface area (Å²) in [5.41, 5.74) is 1.00. The highest BCUT2D eigenvalue weighted by atomic mass is 16.1. The normalized spacial score (nSPS) is 11.1. The second-order valence-corrected chi connectivity index (χ2v) is 1.95. The van der Waals surface area contributed by atoms with Crippen molar-refractivity contribution in [1.29, 1.82) is 0 Å². The second-order valence-electron chi connectivity index (χ2n) is 1.95. The van der Waals surface area contributed by atoms with Crippen LogP contribution in [0.4, 0.5) is 0 Å². The Morgan fingerprint density at radius 2 is 2.22 bits per heavy atom. The van der Waals surface area contributed by atoms with Gasteiger partial charge in [0, 0.05) is 6.42 Å². The molecule has 0 aromatic heterocycles. The van der Waals surface area contributed by atoms with E-state index in [2.05, 4.69) is 6.58 Å². The van der Waals surface area contributed by atoms with Crippen LogP contribution in [0.25, 0.3) is 0 Å². The lowest BCUT2D eigenvalue weighted by Gasteiger charge is -1.93. The van der Waals surface area contributed by atoms with Gasteiger partial charge in [-0.05, 0) is 19.4 Å². The molecule has 0 amide bonds. The van der Waals surface area contributed by atoms with E-state index in [0.717, 1.165) is 5.57 Å². The van der Waals surface area contributed by atoms with Gasteiger partial charge >= 0.3 is 0 Å². The molecule has 0 fully saturated rings. The van der Waals surface area contributed by atoms with Gasteiger partial charge in [0.1, 0.15) is 5.78 Å². The first kappa shape index (κ1) is 8.15. The molecular weight excluding hydrogens is 112 g/mol. The molecule has 0 atom stereocenters. The molecule has 0 aliphatic carbocycles. The van der Waals surface area contributed by atoms with Gasteiger partial charge in [0.15, 0.2) is 0 Å². The van der Waals surface area contributed by atoms with Crippen molar-refractivity contribution < 1.29 is 4.79 Å². The molecule has 0 aliphatic rings. The Morgan fingerprint density at radius 3 is 2.33 bits per heavy atom. The number of hydrogen-bond donors (Lipinski definition) is 0. The van der Waals surface area contributed by atoms with Crippen LogP contribution in [0.5, 0.6) is 0 Å². The van der Waals surface area contributed by atoms with Crippen molar-refractivity contribution in [3.05, 3.63) is 24.3 Å². The molecule has 0 aromatic carbocycles. The molecule has 0 radical (unpaired) electrons. The number of ketones is 1. The van der Waals surface area contributed by atoms with Crippen LogP contribution in [0.2, 0.25) is 0 Å². The molecule has 0 spiro atoms. The quantitative estimate of drug-likeness (QED) is 0.526. The average molecular weight is 124 g/mol. The second kappa shape index (κ2) is 4.07. The highest BCUT2D eigenvalue weighted by Crippen LogP contribution is 2.01. The summed E-state index contributed by atoms with van der Waals surface area (Å²) >= 11 is 0. The molecule has 50 valence electrons. The first-order valence-corrected chi connectivity index (χ1v) is 2.97. The van der Waals surface area contributed by atoms with Crippen molar-refractivity contribution in [1.82, 2.24) is 0 Å². The number of carbonyl (C=O) groups is 1. The van der Waals surface area contributed by atoms with Gasteiger partial charge in [-0.2, -0.15) is 0 Å². The van der Waals surface area contributed by atoms with Gasteiger partial charge in [-0.15, -0.1) is 0 Å². The van der Waals surface area contributed by atoms with Gasteiger partial charge < -0.3 is 0 Å². The predicted molar refractivity (Wildman–Crippen MR) is 39.3 cm³/mol. The lowest BCUT2D eigenvalue weighted by Crippen LogP contribution is -1.89. The van der Waals surface area contributed by atoms with Crippen LogP contribution < -0.4 is 0 Å². The lowest BCUT2D eigenvalue weighted by molar-refractivity contribution is -0.116. The van der Waals surface area contributed by atoms with Crippen LogP contribution in [0.3, 0.4) is 0 Å². The third-order valence-electron chi connectivity index (χ3n) is 1.09. The SMILES string of the molecule is C=C/C(=C\C)CC(C)=O. The zero-order valence-corrected chi connectivity index (χ0v) is 5.98. The molecular formula is C8H12O. The standard InChI is InChI=1S/C8H12O/c1-4-8(5-2)6-7(3)9/h4-5H,1,6H2,2-3H3/b8-5+. The molecule has 1 heteroatoms. The smallest absolute Gasteiger partial charge is 0.134 e. The van der Waals surface area contributed by atoms with Crippen LogP contribution >= 0.6 is 0 Å². The summed E-state index contributed by atoms with van der Waals surface area (Å²) in [4.78, 5) is 10.5. The van der Waals surface area contributed by atoms with Gasteiger partial charge in [-0.1, -0.05) is 18.7 Å². The van der Waals surface area contributed by atoms with Gasteiger partial charge in [-0.25, -0.2) is 0 Å². The summed E-state index contributed by atoms with van der Waals surface area (Å²) in [6.45, 7) is 7.04. The molecule has 0 aromatic rings. The van der Waals surface area contributed by atoms with E-state index in [1.165, 1.54) is 0 Å². The van der Waals surface area contributed by atoms with Crippen LogP contribution in [0.1, 0.15) is 20.3 Å². The maximum atomic E-state index is 10.5. The predicted octanol–water partition coefficient (Wildman–Crippen LogP) is 2.10. The molecule has 0 saturated carbocycles. The summed E-state index contributed by atoms with van der Waals surface area (Å²) in [6.07, 6.45) is 4.12. The van der Waals surface area contributed by atoms with Crippen LogP contribution in [-0.4, -0.2) is 5.78 Å². The Balaban J connectivity index is 3.86. The largest absolute Gasteiger partial charge is 0.300 e. The first-order chi connectivity index (χ1) is 4.20. The fourth-order valence-corrected chi connectivity index (χ4v) is 0.580. The fourth-order valence-electron chi connectivity index (χ4n) is 0.580. The van der Waals surface area contributed by atoms with Crippen LogP contribution in [-0.2, 0) is 4.79 Å². The van der Waals surface area contributed by atoms with E-state index in [0.29, 0.717) is 6.42 Å². The van der Waals surface area contributed by atoms with Crippen LogP contribution in [0.15, 0.2) is 24.3 Å². The Labute approximate surface area is 56.1 Å². The topological polar surface area (TPSA) is 17.1 Å². The fraction of sp³-hybridized carbons (Fsp3) is 0.375. The molecule has 9 heavy (non-hydrogen) atoms. The molecule has 1 nitrogen and oxygen atoms in total. The van der Waals surface area contributed by atoms with Crippen molar-refractivity contribution in [3.8, 4) is 0 Å². The number of allylic oxidation sites excluding steroid dienone is 3. The highest BCUT2D eigenvalue weighted by molar-refractivity contribution is 5.78. The monoisotopic (exact) mass is 124 g/mol. The minimum Gasteiger partial charge on any atom is -0.300 e. The highest BCUT2D eigenvalue weighted by Gasteiger charge is 1.93. The van der Waals surface area contributed by atoms with Crippen molar-refractivity contribution in [2.45, 2.75) is 20.3 Å². The van der Waals surface area contributed by atoms with Gasteiger partial charge in [-0.3, -0.25) is 4.79 Å². The van der Waals surface area contributed by atoms with Gasteiger partial charge in [0.25, 0.3) is 0 Å². The van der Waals surface area contributed by atoms with E-state index in [1.54, 1.807) is 13.0 Å². The molecule has 0 bridgehead atoms.